The van der Waals surface area contributed by atoms with Gasteiger partial charge in [-0.25, -0.2) is 4.98 Å². The van der Waals surface area contributed by atoms with Gasteiger partial charge in [0.15, 0.2) is 0 Å². The maximum absolute atomic E-state index is 4.44. The Labute approximate surface area is 116 Å². The van der Waals surface area contributed by atoms with Gasteiger partial charge in [0, 0.05) is 25.3 Å². The molecule has 1 N–H and O–H groups in total. The maximum Gasteiger partial charge on any atom is 0.128 e. The summed E-state index contributed by atoms with van der Waals surface area (Å²) in [4.78, 5) is 6.85. The number of anilines is 1. The first-order chi connectivity index (χ1) is 9.42. The van der Waals surface area contributed by atoms with Crippen LogP contribution in [0, 0.1) is 5.92 Å². The predicted molar refractivity (Wildman–Crippen MR) is 79.4 cm³/mol. The third-order valence-corrected chi connectivity index (χ3v) is 4.64. The van der Waals surface area contributed by atoms with Gasteiger partial charge in [-0.05, 0) is 50.3 Å². The first-order valence-electron chi connectivity index (χ1n) is 7.81. The highest BCUT2D eigenvalue weighted by Crippen LogP contribution is 2.24. The molecule has 2 aliphatic rings. The van der Waals surface area contributed by atoms with Crippen molar-refractivity contribution in [3.63, 3.8) is 0 Å². The Kier molecular flexibility index (Phi) is 4.34. The van der Waals surface area contributed by atoms with Gasteiger partial charge in [0.05, 0.1) is 0 Å². The molecule has 1 aromatic heterocycles. The molecule has 0 radical (unpaired) electrons. The number of pyridine rings is 1. The minimum atomic E-state index is 0.723. The molecular weight excluding hydrogens is 234 g/mol. The van der Waals surface area contributed by atoms with Crippen molar-refractivity contribution in [2.75, 3.05) is 24.5 Å². The highest BCUT2D eigenvalue weighted by Gasteiger charge is 2.21. The van der Waals surface area contributed by atoms with Crippen molar-refractivity contribution >= 4 is 5.82 Å². The van der Waals surface area contributed by atoms with E-state index in [2.05, 4.69) is 27.3 Å². The summed E-state index contributed by atoms with van der Waals surface area (Å²) in [5, 5.41) is 3.79. The van der Waals surface area contributed by atoms with Gasteiger partial charge in [0.2, 0.25) is 0 Å². The highest BCUT2D eigenvalue weighted by atomic mass is 15.2. The van der Waals surface area contributed by atoms with Gasteiger partial charge in [-0.1, -0.05) is 18.9 Å². The number of aromatic nitrogens is 1. The Morgan fingerprint density at radius 2 is 1.89 bits per heavy atom. The van der Waals surface area contributed by atoms with Crippen molar-refractivity contribution in [3.05, 3.63) is 24.4 Å². The molecule has 3 heteroatoms. The number of nitrogens with one attached hydrogen (secondary N) is 1. The summed E-state index contributed by atoms with van der Waals surface area (Å²) in [5.74, 6) is 2.09. The van der Waals surface area contributed by atoms with E-state index in [1.165, 1.54) is 45.1 Å². The second kappa shape index (κ2) is 6.38. The van der Waals surface area contributed by atoms with Gasteiger partial charge in [-0.2, -0.15) is 0 Å². The highest BCUT2D eigenvalue weighted by molar-refractivity contribution is 5.38. The van der Waals surface area contributed by atoms with Gasteiger partial charge < -0.3 is 10.2 Å². The molecule has 3 rings (SSSR count). The number of rotatable bonds is 4. The summed E-state index contributed by atoms with van der Waals surface area (Å²) < 4.78 is 0. The summed E-state index contributed by atoms with van der Waals surface area (Å²) >= 11 is 0. The molecule has 2 fully saturated rings. The Hall–Kier alpha value is -1.09. The quantitative estimate of drug-likeness (QED) is 0.901. The molecule has 0 amide bonds. The number of piperidine rings is 1. The van der Waals surface area contributed by atoms with E-state index in [0.29, 0.717) is 0 Å². The van der Waals surface area contributed by atoms with E-state index in [4.69, 9.17) is 0 Å². The molecular formula is C16H25N3. The van der Waals surface area contributed by atoms with Crippen LogP contribution in [0.4, 0.5) is 5.82 Å². The fraction of sp³-hybridized carbons (Fsp3) is 0.688. The zero-order chi connectivity index (χ0) is 12.9. The van der Waals surface area contributed by atoms with Crippen LogP contribution in [-0.4, -0.2) is 30.7 Å². The molecule has 1 aliphatic carbocycles. The lowest BCUT2D eigenvalue weighted by Crippen LogP contribution is -2.44. The lowest BCUT2D eigenvalue weighted by Gasteiger charge is -2.33. The monoisotopic (exact) mass is 259 g/mol. The lowest BCUT2D eigenvalue weighted by atomic mass is 10.0. The molecule has 0 atom stereocenters. The molecule has 19 heavy (non-hydrogen) atoms. The first-order valence-corrected chi connectivity index (χ1v) is 7.81. The van der Waals surface area contributed by atoms with Crippen molar-refractivity contribution in [1.29, 1.82) is 0 Å². The zero-order valence-corrected chi connectivity index (χ0v) is 11.7. The van der Waals surface area contributed by atoms with Crippen molar-refractivity contribution in [1.82, 2.24) is 10.3 Å². The SMILES string of the molecule is c1ccc(N2CCC(NCC3CCCC3)CC2)nc1. The average Bonchev–Trinajstić information content (AvgIpc) is 3.00. The summed E-state index contributed by atoms with van der Waals surface area (Å²) in [6.45, 7) is 3.52. The lowest BCUT2D eigenvalue weighted by molar-refractivity contribution is 0.376. The maximum atomic E-state index is 4.44. The summed E-state index contributed by atoms with van der Waals surface area (Å²) in [5.41, 5.74) is 0. The molecule has 1 saturated carbocycles. The van der Waals surface area contributed by atoms with E-state index >= 15 is 0 Å². The molecule has 1 aliphatic heterocycles. The van der Waals surface area contributed by atoms with Crippen molar-refractivity contribution in [2.24, 2.45) is 5.92 Å². The molecule has 0 unspecified atom stereocenters. The van der Waals surface area contributed by atoms with Crippen LogP contribution >= 0.6 is 0 Å². The minimum Gasteiger partial charge on any atom is -0.357 e. The summed E-state index contributed by atoms with van der Waals surface area (Å²) in [7, 11) is 0. The largest absolute Gasteiger partial charge is 0.357 e. The van der Waals surface area contributed by atoms with Crippen LogP contribution in [0.1, 0.15) is 38.5 Å². The van der Waals surface area contributed by atoms with Crippen LogP contribution < -0.4 is 10.2 Å². The molecule has 0 bridgehead atoms. The smallest absolute Gasteiger partial charge is 0.128 e. The molecule has 1 aromatic rings. The van der Waals surface area contributed by atoms with E-state index in [0.717, 1.165) is 30.9 Å². The van der Waals surface area contributed by atoms with E-state index in [-0.39, 0.29) is 0 Å². The summed E-state index contributed by atoms with van der Waals surface area (Å²) in [6, 6.07) is 6.90. The van der Waals surface area contributed by atoms with Gasteiger partial charge in [0.25, 0.3) is 0 Å². The Morgan fingerprint density at radius 3 is 2.58 bits per heavy atom. The summed E-state index contributed by atoms with van der Waals surface area (Å²) in [6.07, 6.45) is 10.2. The molecule has 2 heterocycles. The van der Waals surface area contributed by atoms with E-state index in [1.807, 2.05) is 12.3 Å². The Bertz CT molecular complexity index is 365. The predicted octanol–water partition coefficient (Wildman–Crippen LogP) is 2.83. The van der Waals surface area contributed by atoms with Gasteiger partial charge >= 0.3 is 0 Å². The second-order valence-corrected chi connectivity index (χ2v) is 6.01. The van der Waals surface area contributed by atoms with Crippen LogP contribution in [0.2, 0.25) is 0 Å². The average molecular weight is 259 g/mol. The van der Waals surface area contributed by atoms with Crippen LogP contribution in [-0.2, 0) is 0 Å². The fourth-order valence-corrected chi connectivity index (χ4v) is 3.40. The molecule has 104 valence electrons. The Morgan fingerprint density at radius 1 is 1.11 bits per heavy atom. The first kappa shape index (κ1) is 12.9. The Balaban J connectivity index is 1.42. The van der Waals surface area contributed by atoms with Gasteiger partial charge in [-0.15, -0.1) is 0 Å². The van der Waals surface area contributed by atoms with Crippen LogP contribution in [0.25, 0.3) is 0 Å². The van der Waals surface area contributed by atoms with Crippen molar-refractivity contribution in [3.8, 4) is 0 Å². The van der Waals surface area contributed by atoms with Gasteiger partial charge in [0.1, 0.15) is 5.82 Å². The van der Waals surface area contributed by atoms with Crippen LogP contribution in [0.3, 0.4) is 0 Å². The zero-order valence-electron chi connectivity index (χ0n) is 11.7. The molecule has 0 spiro atoms. The third kappa shape index (κ3) is 3.47. The van der Waals surface area contributed by atoms with E-state index in [1.54, 1.807) is 0 Å². The van der Waals surface area contributed by atoms with E-state index in [9.17, 15) is 0 Å². The number of hydrogen-bond acceptors (Lipinski definition) is 3. The standard InChI is InChI=1S/C16H25N3/c1-2-6-14(5-1)13-18-15-8-11-19(12-9-15)16-7-3-4-10-17-16/h3-4,7,10,14-15,18H,1-2,5-6,8-9,11-13H2. The minimum absolute atomic E-state index is 0.723. The molecule has 0 aromatic carbocycles. The van der Waals surface area contributed by atoms with Crippen molar-refractivity contribution in [2.45, 2.75) is 44.6 Å². The fourth-order valence-electron chi connectivity index (χ4n) is 3.40. The van der Waals surface area contributed by atoms with Crippen molar-refractivity contribution < 1.29 is 0 Å². The number of nitrogens with zero attached hydrogens (tertiary/aromatic N) is 2. The van der Waals surface area contributed by atoms with Crippen LogP contribution in [0.5, 0.6) is 0 Å². The molecule has 1 saturated heterocycles. The van der Waals surface area contributed by atoms with Crippen LogP contribution in [0.15, 0.2) is 24.4 Å². The van der Waals surface area contributed by atoms with E-state index < -0.39 is 0 Å². The van der Waals surface area contributed by atoms with Gasteiger partial charge in [-0.3, -0.25) is 0 Å². The normalized spacial score (nSPS) is 22.0. The second-order valence-electron chi connectivity index (χ2n) is 6.01. The third-order valence-electron chi connectivity index (χ3n) is 4.64. The molecule has 3 nitrogen and oxygen atoms in total. The topological polar surface area (TPSA) is 28.2 Å². The number of hydrogen-bond donors (Lipinski definition) is 1.